The molecule has 2 N–H and O–H groups in total. The molecule has 0 fully saturated rings. The summed E-state index contributed by atoms with van der Waals surface area (Å²) < 4.78 is 0. The number of rotatable bonds is 7. The SMILES string of the molecule is CCCNC(=O)c1cc(C)nc(NCCC(C)C)n1. The molecule has 106 valence electrons. The Morgan fingerprint density at radius 2 is 2.05 bits per heavy atom. The maximum Gasteiger partial charge on any atom is 0.270 e. The van der Waals surface area contributed by atoms with E-state index in [0.717, 1.165) is 25.1 Å². The Labute approximate surface area is 115 Å². The Morgan fingerprint density at radius 3 is 2.68 bits per heavy atom. The highest BCUT2D eigenvalue weighted by molar-refractivity contribution is 5.92. The summed E-state index contributed by atoms with van der Waals surface area (Å²) in [7, 11) is 0. The summed E-state index contributed by atoms with van der Waals surface area (Å²) >= 11 is 0. The summed E-state index contributed by atoms with van der Waals surface area (Å²) in [6.07, 6.45) is 1.96. The van der Waals surface area contributed by atoms with Crippen LogP contribution in [0.3, 0.4) is 0 Å². The molecule has 0 radical (unpaired) electrons. The van der Waals surface area contributed by atoms with Crippen LogP contribution in [0.5, 0.6) is 0 Å². The molecule has 0 aromatic carbocycles. The molecule has 1 heterocycles. The summed E-state index contributed by atoms with van der Waals surface area (Å²) in [5, 5.41) is 5.99. The first kappa shape index (κ1) is 15.4. The fraction of sp³-hybridized carbons (Fsp3) is 0.643. The van der Waals surface area contributed by atoms with E-state index >= 15 is 0 Å². The minimum absolute atomic E-state index is 0.140. The minimum Gasteiger partial charge on any atom is -0.354 e. The number of hydrogen-bond donors (Lipinski definition) is 2. The molecule has 0 saturated heterocycles. The zero-order chi connectivity index (χ0) is 14.3. The van der Waals surface area contributed by atoms with Crippen molar-refractivity contribution < 1.29 is 4.79 Å². The van der Waals surface area contributed by atoms with E-state index in [1.807, 2.05) is 13.8 Å². The van der Waals surface area contributed by atoms with Gasteiger partial charge in [-0.15, -0.1) is 0 Å². The molecule has 0 unspecified atom stereocenters. The average Bonchev–Trinajstić information content (AvgIpc) is 2.34. The lowest BCUT2D eigenvalue weighted by Gasteiger charge is -2.09. The van der Waals surface area contributed by atoms with Crippen LogP contribution in [0, 0.1) is 12.8 Å². The van der Waals surface area contributed by atoms with E-state index in [9.17, 15) is 4.79 Å². The number of nitrogens with one attached hydrogen (secondary N) is 2. The number of aromatic nitrogens is 2. The van der Waals surface area contributed by atoms with Gasteiger partial charge >= 0.3 is 0 Å². The van der Waals surface area contributed by atoms with Gasteiger partial charge in [-0.05, 0) is 31.7 Å². The number of carbonyl (C=O) groups is 1. The standard InChI is InChI=1S/C14H24N4O/c1-5-7-15-13(19)12-9-11(4)17-14(18-12)16-8-6-10(2)3/h9-10H,5-8H2,1-4H3,(H,15,19)(H,16,17,18). The molecule has 1 aromatic heterocycles. The summed E-state index contributed by atoms with van der Waals surface area (Å²) in [5.41, 5.74) is 1.22. The lowest BCUT2D eigenvalue weighted by molar-refractivity contribution is 0.0948. The van der Waals surface area contributed by atoms with E-state index in [1.54, 1.807) is 6.07 Å². The Bertz CT molecular complexity index is 418. The summed E-state index contributed by atoms with van der Waals surface area (Å²) in [4.78, 5) is 20.4. The predicted octanol–water partition coefficient (Wildman–Crippen LogP) is 2.38. The maximum absolute atomic E-state index is 11.9. The zero-order valence-corrected chi connectivity index (χ0v) is 12.3. The van der Waals surface area contributed by atoms with Crippen LogP contribution < -0.4 is 10.6 Å². The van der Waals surface area contributed by atoms with Gasteiger partial charge in [-0.3, -0.25) is 4.79 Å². The first-order valence-electron chi connectivity index (χ1n) is 6.90. The fourth-order valence-corrected chi connectivity index (χ4v) is 1.57. The molecule has 0 aliphatic rings. The van der Waals surface area contributed by atoms with E-state index in [0.29, 0.717) is 24.1 Å². The van der Waals surface area contributed by atoms with Crippen molar-refractivity contribution in [2.75, 3.05) is 18.4 Å². The molecular weight excluding hydrogens is 240 g/mol. The van der Waals surface area contributed by atoms with Gasteiger partial charge in [-0.1, -0.05) is 20.8 Å². The van der Waals surface area contributed by atoms with Crippen molar-refractivity contribution in [2.24, 2.45) is 5.92 Å². The second kappa shape index (κ2) is 7.71. The number of anilines is 1. The number of hydrogen-bond acceptors (Lipinski definition) is 4. The molecule has 0 aliphatic carbocycles. The lowest BCUT2D eigenvalue weighted by atomic mass is 10.1. The lowest BCUT2D eigenvalue weighted by Crippen LogP contribution is -2.25. The van der Waals surface area contributed by atoms with E-state index in [2.05, 4.69) is 34.4 Å². The van der Waals surface area contributed by atoms with Crippen LogP contribution >= 0.6 is 0 Å². The van der Waals surface area contributed by atoms with Crippen LogP contribution in [-0.2, 0) is 0 Å². The third kappa shape index (κ3) is 5.68. The molecular formula is C14H24N4O. The Hall–Kier alpha value is -1.65. The monoisotopic (exact) mass is 264 g/mol. The molecule has 0 bridgehead atoms. The van der Waals surface area contributed by atoms with Gasteiger partial charge in [0.15, 0.2) is 0 Å². The van der Waals surface area contributed by atoms with Gasteiger partial charge in [0.1, 0.15) is 5.69 Å². The highest BCUT2D eigenvalue weighted by atomic mass is 16.1. The van der Waals surface area contributed by atoms with E-state index < -0.39 is 0 Å². The highest BCUT2D eigenvalue weighted by Gasteiger charge is 2.09. The van der Waals surface area contributed by atoms with Crippen molar-refractivity contribution in [3.8, 4) is 0 Å². The topological polar surface area (TPSA) is 66.9 Å². The van der Waals surface area contributed by atoms with Crippen molar-refractivity contribution in [1.29, 1.82) is 0 Å². The molecule has 1 rings (SSSR count). The van der Waals surface area contributed by atoms with Gasteiger partial charge in [0.05, 0.1) is 0 Å². The van der Waals surface area contributed by atoms with E-state index in [4.69, 9.17) is 0 Å². The van der Waals surface area contributed by atoms with E-state index in [-0.39, 0.29) is 5.91 Å². The molecule has 0 aliphatic heterocycles. The second-order valence-electron chi connectivity index (χ2n) is 5.08. The number of nitrogens with zero attached hydrogens (tertiary/aromatic N) is 2. The average molecular weight is 264 g/mol. The van der Waals surface area contributed by atoms with Crippen molar-refractivity contribution in [3.63, 3.8) is 0 Å². The Balaban J connectivity index is 2.68. The first-order chi connectivity index (χ1) is 9.02. The maximum atomic E-state index is 11.9. The first-order valence-corrected chi connectivity index (χ1v) is 6.90. The van der Waals surface area contributed by atoms with Crippen LogP contribution in [0.4, 0.5) is 5.95 Å². The van der Waals surface area contributed by atoms with Crippen molar-refractivity contribution in [3.05, 3.63) is 17.5 Å². The second-order valence-corrected chi connectivity index (χ2v) is 5.08. The quantitative estimate of drug-likeness (QED) is 0.793. The van der Waals surface area contributed by atoms with Gasteiger partial charge in [0, 0.05) is 18.8 Å². The zero-order valence-electron chi connectivity index (χ0n) is 12.3. The largest absolute Gasteiger partial charge is 0.354 e. The Morgan fingerprint density at radius 1 is 1.32 bits per heavy atom. The summed E-state index contributed by atoms with van der Waals surface area (Å²) in [6.45, 7) is 9.70. The highest BCUT2D eigenvalue weighted by Crippen LogP contribution is 2.06. The third-order valence-electron chi connectivity index (χ3n) is 2.63. The molecule has 1 amide bonds. The van der Waals surface area contributed by atoms with Crippen LogP contribution in [0.1, 0.15) is 49.8 Å². The van der Waals surface area contributed by atoms with E-state index in [1.165, 1.54) is 0 Å². The predicted molar refractivity (Wildman–Crippen MR) is 77.3 cm³/mol. The van der Waals surface area contributed by atoms with Crippen LogP contribution in [0.15, 0.2) is 6.07 Å². The molecule has 5 heteroatoms. The number of aryl methyl sites for hydroxylation is 1. The molecule has 5 nitrogen and oxygen atoms in total. The van der Waals surface area contributed by atoms with Crippen LogP contribution in [-0.4, -0.2) is 29.0 Å². The van der Waals surface area contributed by atoms with Gasteiger partial charge < -0.3 is 10.6 Å². The molecule has 0 spiro atoms. The Kier molecular flexibility index (Phi) is 6.25. The molecule has 0 saturated carbocycles. The van der Waals surface area contributed by atoms with Crippen LogP contribution in [0.2, 0.25) is 0 Å². The smallest absolute Gasteiger partial charge is 0.270 e. The van der Waals surface area contributed by atoms with Gasteiger partial charge in [-0.25, -0.2) is 9.97 Å². The van der Waals surface area contributed by atoms with Crippen molar-refractivity contribution in [2.45, 2.75) is 40.5 Å². The number of amides is 1. The van der Waals surface area contributed by atoms with Crippen molar-refractivity contribution >= 4 is 11.9 Å². The number of carbonyl (C=O) groups excluding carboxylic acids is 1. The molecule has 1 aromatic rings. The van der Waals surface area contributed by atoms with Gasteiger partial charge in [-0.2, -0.15) is 0 Å². The summed E-state index contributed by atoms with van der Waals surface area (Å²) in [6, 6.07) is 1.71. The van der Waals surface area contributed by atoms with Crippen LogP contribution in [0.25, 0.3) is 0 Å². The fourth-order valence-electron chi connectivity index (χ4n) is 1.57. The molecule has 19 heavy (non-hydrogen) atoms. The molecule has 0 atom stereocenters. The normalized spacial score (nSPS) is 10.6. The van der Waals surface area contributed by atoms with Gasteiger partial charge in [0.25, 0.3) is 5.91 Å². The minimum atomic E-state index is -0.140. The third-order valence-corrected chi connectivity index (χ3v) is 2.63. The van der Waals surface area contributed by atoms with Gasteiger partial charge in [0.2, 0.25) is 5.95 Å². The van der Waals surface area contributed by atoms with Crippen molar-refractivity contribution in [1.82, 2.24) is 15.3 Å². The summed E-state index contributed by atoms with van der Waals surface area (Å²) in [5.74, 6) is 1.02.